The van der Waals surface area contributed by atoms with Crippen LogP contribution in [0.1, 0.15) is 22.5 Å². The van der Waals surface area contributed by atoms with E-state index in [1.807, 2.05) is 44.2 Å². The molecular formula is C29H23N3O4S. The first-order chi connectivity index (χ1) is 17.8. The predicted molar refractivity (Wildman–Crippen MR) is 144 cm³/mol. The van der Waals surface area contributed by atoms with E-state index in [1.165, 1.54) is 19.2 Å². The van der Waals surface area contributed by atoms with E-state index < -0.39 is 10.1 Å². The maximum absolute atomic E-state index is 13.2. The Labute approximate surface area is 214 Å². The zero-order valence-electron chi connectivity index (χ0n) is 20.4. The van der Waals surface area contributed by atoms with Gasteiger partial charge in [0.25, 0.3) is 0 Å². The van der Waals surface area contributed by atoms with Crippen LogP contribution >= 0.6 is 0 Å². The molecule has 0 fully saturated rings. The zero-order valence-corrected chi connectivity index (χ0v) is 21.3. The van der Waals surface area contributed by atoms with Crippen molar-refractivity contribution in [3.63, 3.8) is 0 Å². The topological polar surface area (TPSA) is 105 Å². The van der Waals surface area contributed by atoms with Gasteiger partial charge in [0.05, 0.1) is 23.7 Å². The molecule has 37 heavy (non-hydrogen) atoms. The molecule has 5 rings (SSSR count). The lowest BCUT2D eigenvalue weighted by atomic mass is 10.1. The summed E-state index contributed by atoms with van der Waals surface area (Å²) in [6.45, 7) is 4.03. The lowest BCUT2D eigenvalue weighted by molar-refractivity contribution is 0.390. The fourth-order valence-corrected chi connectivity index (χ4v) is 5.30. The summed E-state index contributed by atoms with van der Waals surface area (Å²) in [5, 5.41) is 11.2. The van der Waals surface area contributed by atoms with Gasteiger partial charge in [-0.15, -0.1) is 0 Å². The maximum atomic E-state index is 13.2. The standard InChI is InChI=1S/C29H23N3O4S/c1-18-13-24-25(14-19(18)2)32-29(31-24)22(17-30)15-20-11-12-26(27(16-20)35-3)36-37(33,34)28-10-6-8-21-7-4-5-9-23(21)28/h4-16H,1-3H3,(H,31,32)/b22-15+. The molecule has 7 nitrogen and oxygen atoms in total. The molecule has 0 aliphatic carbocycles. The Morgan fingerprint density at radius 3 is 2.51 bits per heavy atom. The molecule has 0 aliphatic rings. The first-order valence-corrected chi connectivity index (χ1v) is 12.9. The molecule has 1 heterocycles. The molecule has 0 aliphatic heterocycles. The molecule has 0 amide bonds. The largest absolute Gasteiger partial charge is 0.493 e. The van der Waals surface area contributed by atoms with Crippen LogP contribution in [0.5, 0.6) is 11.5 Å². The second-order valence-corrected chi connectivity index (χ2v) is 10.1. The van der Waals surface area contributed by atoms with E-state index in [2.05, 4.69) is 16.0 Å². The number of H-pyrrole nitrogens is 1. The van der Waals surface area contributed by atoms with Gasteiger partial charge in [-0.1, -0.05) is 42.5 Å². The molecule has 4 aromatic carbocycles. The van der Waals surface area contributed by atoms with E-state index >= 15 is 0 Å². The van der Waals surface area contributed by atoms with Crippen molar-refractivity contribution in [2.24, 2.45) is 0 Å². The summed E-state index contributed by atoms with van der Waals surface area (Å²) in [7, 11) is -2.71. The molecule has 8 heteroatoms. The van der Waals surface area contributed by atoms with Crippen LogP contribution < -0.4 is 8.92 Å². The highest BCUT2D eigenvalue weighted by Crippen LogP contribution is 2.33. The van der Waals surface area contributed by atoms with Crippen molar-refractivity contribution >= 4 is 43.6 Å². The van der Waals surface area contributed by atoms with Gasteiger partial charge in [0, 0.05) is 5.39 Å². The quantitative estimate of drug-likeness (QED) is 0.217. The minimum Gasteiger partial charge on any atom is -0.493 e. The second kappa shape index (κ2) is 9.45. The SMILES string of the molecule is COc1cc(/C=C(\C#N)c2nc3cc(C)c(C)cc3[nH]2)ccc1OS(=O)(=O)c1cccc2ccccc12. The van der Waals surface area contributed by atoms with Gasteiger partial charge in [0.1, 0.15) is 16.8 Å². The molecule has 0 unspecified atom stereocenters. The van der Waals surface area contributed by atoms with Crippen molar-refractivity contribution in [2.45, 2.75) is 18.7 Å². The van der Waals surface area contributed by atoms with Crippen molar-refractivity contribution in [2.75, 3.05) is 7.11 Å². The predicted octanol–water partition coefficient (Wildman–Crippen LogP) is 6.17. The van der Waals surface area contributed by atoms with Crippen LogP contribution in [0, 0.1) is 25.2 Å². The Hall–Kier alpha value is -4.61. The Morgan fingerprint density at radius 2 is 1.73 bits per heavy atom. The fourth-order valence-electron chi connectivity index (χ4n) is 4.14. The van der Waals surface area contributed by atoms with Gasteiger partial charge in [0.15, 0.2) is 11.5 Å². The normalized spacial score (nSPS) is 12.0. The third-order valence-electron chi connectivity index (χ3n) is 6.19. The number of ether oxygens (including phenoxy) is 1. The minimum absolute atomic E-state index is 0.0424. The number of aryl methyl sites for hydroxylation is 2. The number of aromatic amines is 1. The van der Waals surface area contributed by atoms with Crippen LogP contribution in [0.15, 0.2) is 77.7 Å². The average Bonchev–Trinajstić information content (AvgIpc) is 3.30. The summed E-state index contributed by atoms with van der Waals surface area (Å²) in [5.41, 5.74) is 4.82. The Bertz CT molecular complexity index is 1800. The molecule has 1 N–H and O–H groups in total. The molecule has 0 spiro atoms. The molecule has 5 aromatic rings. The molecule has 0 bridgehead atoms. The highest BCUT2D eigenvalue weighted by Gasteiger charge is 2.22. The lowest BCUT2D eigenvalue weighted by Gasteiger charge is -2.13. The third-order valence-corrected chi connectivity index (χ3v) is 7.48. The first kappa shape index (κ1) is 24.1. The molecule has 0 saturated heterocycles. The number of nitrogens with zero attached hydrogens (tertiary/aromatic N) is 2. The zero-order chi connectivity index (χ0) is 26.2. The number of hydrogen-bond acceptors (Lipinski definition) is 6. The smallest absolute Gasteiger partial charge is 0.339 e. The number of fused-ring (bicyclic) bond motifs is 2. The van der Waals surface area contributed by atoms with Crippen molar-refractivity contribution in [1.82, 2.24) is 9.97 Å². The van der Waals surface area contributed by atoms with Gasteiger partial charge in [-0.2, -0.15) is 13.7 Å². The number of nitriles is 1. The molecule has 0 radical (unpaired) electrons. The summed E-state index contributed by atoms with van der Waals surface area (Å²) in [4.78, 5) is 7.84. The molecule has 0 atom stereocenters. The number of aromatic nitrogens is 2. The number of allylic oxidation sites excluding steroid dienone is 1. The summed E-state index contributed by atoms with van der Waals surface area (Å²) in [5.74, 6) is 0.701. The van der Waals surface area contributed by atoms with Gasteiger partial charge < -0.3 is 13.9 Å². The van der Waals surface area contributed by atoms with Gasteiger partial charge in [-0.05, 0) is 72.3 Å². The summed E-state index contributed by atoms with van der Waals surface area (Å²) < 4.78 is 37.3. The van der Waals surface area contributed by atoms with Crippen LogP contribution in [0.3, 0.4) is 0 Å². The van der Waals surface area contributed by atoms with Crippen LogP contribution in [0.25, 0.3) is 33.5 Å². The Balaban J connectivity index is 1.49. The Kier molecular flexibility index (Phi) is 6.15. The number of methoxy groups -OCH3 is 1. The van der Waals surface area contributed by atoms with E-state index in [1.54, 1.807) is 36.4 Å². The molecular weight excluding hydrogens is 486 g/mol. The maximum Gasteiger partial charge on any atom is 0.339 e. The fraction of sp³-hybridized carbons (Fsp3) is 0.103. The van der Waals surface area contributed by atoms with Crippen LogP contribution in [0.2, 0.25) is 0 Å². The lowest BCUT2D eigenvalue weighted by Crippen LogP contribution is -2.11. The highest BCUT2D eigenvalue weighted by molar-refractivity contribution is 7.87. The molecule has 0 saturated carbocycles. The first-order valence-electron chi connectivity index (χ1n) is 11.5. The highest BCUT2D eigenvalue weighted by atomic mass is 32.2. The summed E-state index contributed by atoms with van der Waals surface area (Å²) in [6, 6.07) is 23.2. The molecule has 1 aromatic heterocycles. The second-order valence-electron chi connectivity index (χ2n) is 8.63. The van der Waals surface area contributed by atoms with E-state index in [0.717, 1.165) is 27.5 Å². The van der Waals surface area contributed by atoms with Gasteiger partial charge in [-0.3, -0.25) is 0 Å². The van der Waals surface area contributed by atoms with E-state index in [0.29, 0.717) is 22.3 Å². The van der Waals surface area contributed by atoms with Gasteiger partial charge in [-0.25, -0.2) is 4.98 Å². The Morgan fingerprint density at radius 1 is 0.973 bits per heavy atom. The van der Waals surface area contributed by atoms with Crippen LogP contribution in [-0.2, 0) is 10.1 Å². The number of rotatable bonds is 6. The minimum atomic E-state index is -4.14. The van der Waals surface area contributed by atoms with Crippen molar-refractivity contribution < 1.29 is 17.3 Å². The van der Waals surface area contributed by atoms with E-state index in [9.17, 15) is 13.7 Å². The van der Waals surface area contributed by atoms with Crippen molar-refractivity contribution in [3.8, 4) is 17.6 Å². The van der Waals surface area contributed by atoms with Crippen molar-refractivity contribution in [1.29, 1.82) is 5.26 Å². The van der Waals surface area contributed by atoms with Gasteiger partial charge in [0.2, 0.25) is 0 Å². The van der Waals surface area contributed by atoms with Crippen LogP contribution in [-0.4, -0.2) is 25.5 Å². The average molecular weight is 510 g/mol. The van der Waals surface area contributed by atoms with Crippen molar-refractivity contribution in [3.05, 3.63) is 95.3 Å². The number of hydrogen-bond donors (Lipinski definition) is 1. The third kappa shape index (κ3) is 4.65. The number of nitrogens with one attached hydrogen (secondary N) is 1. The van der Waals surface area contributed by atoms with Crippen LogP contribution in [0.4, 0.5) is 0 Å². The number of benzene rings is 4. The van der Waals surface area contributed by atoms with E-state index in [4.69, 9.17) is 8.92 Å². The summed E-state index contributed by atoms with van der Waals surface area (Å²) >= 11 is 0. The van der Waals surface area contributed by atoms with Gasteiger partial charge >= 0.3 is 10.1 Å². The molecule has 184 valence electrons. The van der Waals surface area contributed by atoms with E-state index in [-0.39, 0.29) is 16.4 Å². The summed E-state index contributed by atoms with van der Waals surface area (Å²) in [6.07, 6.45) is 1.66. The monoisotopic (exact) mass is 509 g/mol. The number of imidazole rings is 1.